The number of fused-ring (bicyclic) bond motifs is 1. The summed E-state index contributed by atoms with van der Waals surface area (Å²) in [7, 11) is 0. The maximum atomic E-state index is 12.3. The predicted molar refractivity (Wildman–Crippen MR) is 67.0 cm³/mol. The summed E-state index contributed by atoms with van der Waals surface area (Å²) in [5, 5.41) is 12.9. The highest BCUT2D eigenvalue weighted by atomic mass is 16.3. The van der Waals surface area contributed by atoms with Gasteiger partial charge in [-0.15, -0.1) is 0 Å². The molecule has 3 rings (SSSR count). The van der Waals surface area contributed by atoms with Crippen molar-refractivity contribution in [3.8, 4) is 5.75 Å². The molecule has 0 bridgehead atoms. The lowest BCUT2D eigenvalue weighted by Crippen LogP contribution is -2.38. The molecule has 0 spiro atoms. The molecule has 1 aliphatic heterocycles. The van der Waals surface area contributed by atoms with E-state index in [-0.39, 0.29) is 17.4 Å². The molecule has 2 heterocycles. The number of benzene rings is 1. The van der Waals surface area contributed by atoms with Crippen molar-refractivity contribution in [3.63, 3.8) is 0 Å². The molecule has 0 radical (unpaired) electrons. The van der Waals surface area contributed by atoms with Crippen molar-refractivity contribution >= 4 is 10.9 Å². The topological polar surface area (TPSA) is 87.1 Å². The fraction of sp³-hybridized carbons (Fsp3) is 0.333. The Hall–Kier alpha value is -2.08. The van der Waals surface area contributed by atoms with Gasteiger partial charge in [0.2, 0.25) is 0 Å². The Morgan fingerprint density at radius 1 is 1.33 bits per heavy atom. The van der Waals surface area contributed by atoms with Gasteiger partial charge in [0.25, 0.3) is 5.56 Å². The van der Waals surface area contributed by atoms with Crippen LogP contribution in [0.5, 0.6) is 5.75 Å². The number of rotatable bonds is 1. The molecule has 1 unspecified atom stereocenters. The van der Waals surface area contributed by atoms with Gasteiger partial charge in [-0.1, -0.05) is 0 Å². The van der Waals surface area contributed by atoms with Crippen molar-refractivity contribution in [1.29, 1.82) is 0 Å². The zero-order valence-corrected chi connectivity index (χ0v) is 9.64. The van der Waals surface area contributed by atoms with E-state index in [1.807, 2.05) is 0 Å². The smallest absolute Gasteiger partial charge is 0.329 e. The Morgan fingerprint density at radius 2 is 2.17 bits per heavy atom. The minimum Gasteiger partial charge on any atom is -0.508 e. The molecule has 1 atom stereocenters. The van der Waals surface area contributed by atoms with Gasteiger partial charge in [0.1, 0.15) is 5.75 Å². The molecule has 1 aliphatic rings. The summed E-state index contributed by atoms with van der Waals surface area (Å²) < 4.78 is 1.26. The van der Waals surface area contributed by atoms with Crippen LogP contribution in [-0.2, 0) is 0 Å². The molecular weight excluding hydrogens is 234 g/mol. The monoisotopic (exact) mass is 247 g/mol. The van der Waals surface area contributed by atoms with Crippen LogP contribution >= 0.6 is 0 Å². The van der Waals surface area contributed by atoms with Crippen molar-refractivity contribution < 1.29 is 5.11 Å². The van der Waals surface area contributed by atoms with Gasteiger partial charge in [0, 0.05) is 12.6 Å². The minimum atomic E-state index is -0.424. The number of hydrogen-bond donors (Lipinski definition) is 3. The van der Waals surface area contributed by atoms with E-state index in [4.69, 9.17) is 0 Å². The Balaban J connectivity index is 2.30. The summed E-state index contributed by atoms with van der Waals surface area (Å²) in [6.07, 6.45) is 0.770. The second-order valence-electron chi connectivity index (χ2n) is 4.48. The SMILES string of the molecule is O=c1[nH]c2cc(O)ccc2c(=O)n1C1CCNC1. The summed E-state index contributed by atoms with van der Waals surface area (Å²) in [6, 6.07) is 4.26. The first-order valence-corrected chi connectivity index (χ1v) is 5.85. The molecule has 0 amide bonds. The standard InChI is InChI=1S/C12H13N3O3/c16-8-1-2-9-10(5-8)14-12(18)15(11(9)17)7-3-4-13-6-7/h1-2,5,7,13,16H,3-4,6H2,(H,14,18). The van der Waals surface area contributed by atoms with Crippen LogP contribution in [0.1, 0.15) is 12.5 Å². The molecule has 0 aliphatic carbocycles. The molecule has 1 aromatic carbocycles. The van der Waals surface area contributed by atoms with Gasteiger partial charge < -0.3 is 15.4 Å². The predicted octanol–water partition coefficient (Wildman–Crippen LogP) is -0.0702. The minimum absolute atomic E-state index is 0.0258. The Morgan fingerprint density at radius 3 is 2.89 bits per heavy atom. The van der Waals surface area contributed by atoms with Crippen LogP contribution in [0, 0.1) is 0 Å². The summed E-state index contributed by atoms with van der Waals surface area (Å²) >= 11 is 0. The number of hydrogen-bond acceptors (Lipinski definition) is 4. The maximum Gasteiger partial charge on any atom is 0.329 e. The normalized spacial score (nSPS) is 19.4. The second kappa shape index (κ2) is 3.99. The van der Waals surface area contributed by atoms with E-state index < -0.39 is 5.69 Å². The third-order valence-electron chi connectivity index (χ3n) is 3.31. The zero-order valence-electron chi connectivity index (χ0n) is 9.64. The number of nitrogens with zero attached hydrogens (tertiary/aromatic N) is 1. The van der Waals surface area contributed by atoms with Crippen LogP contribution in [0.15, 0.2) is 27.8 Å². The molecule has 1 fully saturated rings. The lowest BCUT2D eigenvalue weighted by molar-refractivity contribution is 0.475. The summed E-state index contributed by atoms with van der Waals surface area (Å²) in [5.74, 6) is 0.0258. The molecule has 1 saturated heterocycles. The molecule has 6 heteroatoms. The average Bonchev–Trinajstić information content (AvgIpc) is 2.82. The zero-order chi connectivity index (χ0) is 12.7. The highest BCUT2D eigenvalue weighted by Gasteiger charge is 2.20. The van der Waals surface area contributed by atoms with Gasteiger partial charge in [-0.05, 0) is 25.1 Å². The van der Waals surface area contributed by atoms with E-state index in [1.54, 1.807) is 0 Å². The fourth-order valence-corrected chi connectivity index (χ4v) is 2.41. The van der Waals surface area contributed by atoms with E-state index in [0.717, 1.165) is 13.0 Å². The van der Waals surface area contributed by atoms with Gasteiger partial charge in [-0.2, -0.15) is 0 Å². The van der Waals surface area contributed by atoms with Crippen molar-refractivity contribution in [2.24, 2.45) is 0 Å². The summed E-state index contributed by atoms with van der Waals surface area (Å²) in [4.78, 5) is 26.9. The molecular formula is C12H13N3O3. The maximum absolute atomic E-state index is 12.3. The number of aromatic hydroxyl groups is 1. The van der Waals surface area contributed by atoms with Crippen LogP contribution in [-0.4, -0.2) is 27.7 Å². The lowest BCUT2D eigenvalue weighted by Gasteiger charge is -2.12. The first-order valence-electron chi connectivity index (χ1n) is 5.85. The van der Waals surface area contributed by atoms with E-state index >= 15 is 0 Å². The first-order chi connectivity index (χ1) is 8.66. The third-order valence-corrected chi connectivity index (χ3v) is 3.31. The number of aromatic amines is 1. The quantitative estimate of drug-likeness (QED) is 0.658. The van der Waals surface area contributed by atoms with Gasteiger partial charge >= 0.3 is 5.69 Å². The van der Waals surface area contributed by atoms with Crippen LogP contribution in [0.4, 0.5) is 0 Å². The molecule has 3 N–H and O–H groups in total. The van der Waals surface area contributed by atoms with Crippen LogP contribution < -0.4 is 16.6 Å². The Bertz CT molecular complexity index is 711. The van der Waals surface area contributed by atoms with E-state index in [0.29, 0.717) is 17.4 Å². The lowest BCUT2D eigenvalue weighted by atomic mass is 10.2. The molecule has 0 saturated carbocycles. The third kappa shape index (κ3) is 1.62. The molecule has 94 valence electrons. The molecule has 18 heavy (non-hydrogen) atoms. The molecule has 1 aromatic heterocycles. The number of H-pyrrole nitrogens is 1. The van der Waals surface area contributed by atoms with Crippen LogP contribution in [0.2, 0.25) is 0 Å². The average molecular weight is 247 g/mol. The molecule has 6 nitrogen and oxygen atoms in total. The second-order valence-corrected chi connectivity index (χ2v) is 4.48. The number of phenols is 1. The van der Waals surface area contributed by atoms with Crippen molar-refractivity contribution in [3.05, 3.63) is 39.0 Å². The van der Waals surface area contributed by atoms with E-state index in [9.17, 15) is 14.7 Å². The van der Waals surface area contributed by atoms with Gasteiger partial charge in [-0.3, -0.25) is 9.36 Å². The number of aromatic nitrogens is 2. The van der Waals surface area contributed by atoms with Crippen molar-refractivity contribution in [1.82, 2.24) is 14.9 Å². The molecule has 2 aromatic rings. The van der Waals surface area contributed by atoms with Crippen LogP contribution in [0.3, 0.4) is 0 Å². The number of nitrogens with one attached hydrogen (secondary N) is 2. The Labute approximate surface area is 102 Å². The van der Waals surface area contributed by atoms with Gasteiger partial charge in [-0.25, -0.2) is 4.79 Å². The fourth-order valence-electron chi connectivity index (χ4n) is 2.41. The van der Waals surface area contributed by atoms with Crippen LogP contribution in [0.25, 0.3) is 10.9 Å². The van der Waals surface area contributed by atoms with E-state index in [1.165, 1.54) is 22.8 Å². The van der Waals surface area contributed by atoms with Crippen molar-refractivity contribution in [2.45, 2.75) is 12.5 Å². The first kappa shape index (κ1) is 11.0. The van der Waals surface area contributed by atoms with E-state index in [2.05, 4.69) is 10.3 Å². The summed E-state index contributed by atoms with van der Waals surface area (Å²) in [6.45, 7) is 1.44. The largest absolute Gasteiger partial charge is 0.508 e. The highest BCUT2D eigenvalue weighted by Crippen LogP contribution is 2.16. The van der Waals surface area contributed by atoms with Crippen molar-refractivity contribution in [2.75, 3.05) is 13.1 Å². The Kier molecular flexibility index (Phi) is 2.45. The van der Waals surface area contributed by atoms with Gasteiger partial charge in [0.15, 0.2) is 0 Å². The summed E-state index contributed by atoms with van der Waals surface area (Å²) in [5.41, 5.74) is -0.360. The van der Waals surface area contributed by atoms with Gasteiger partial charge in [0.05, 0.1) is 16.9 Å². The number of phenolic OH excluding ortho intramolecular Hbond substituents is 1. The highest BCUT2D eigenvalue weighted by molar-refractivity contribution is 5.78.